The zero-order valence-electron chi connectivity index (χ0n) is 13.4. The standard InChI is InChI=1S/C15H18F3N5O/c1-10-8-22(6-7-23(10)9-15(16,17)18)13-12(4-3-5-19-13)14-20-11(2)21-24-14/h3-5,10H,6-9H2,1-2H3. The van der Waals surface area contributed by atoms with Crippen molar-refractivity contribution in [2.24, 2.45) is 0 Å². The Morgan fingerprint density at radius 3 is 2.75 bits per heavy atom. The molecule has 0 spiro atoms. The van der Waals surface area contributed by atoms with Gasteiger partial charge in [-0.1, -0.05) is 5.16 Å². The molecule has 1 fully saturated rings. The maximum atomic E-state index is 12.6. The number of pyridine rings is 1. The monoisotopic (exact) mass is 341 g/mol. The van der Waals surface area contributed by atoms with Gasteiger partial charge in [0.05, 0.1) is 12.1 Å². The van der Waals surface area contributed by atoms with Gasteiger partial charge >= 0.3 is 6.18 Å². The van der Waals surface area contributed by atoms with E-state index in [-0.39, 0.29) is 6.04 Å². The second kappa shape index (κ2) is 6.39. The van der Waals surface area contributed by atoms with Crippen LogP contribution in [0.25, 0.3) is 11.5 Å². The van der Waals surface area contributed by atoms with Crippen molar-refractivity contribution in [2.75, 3.05) is 31.1 Å². The van der Waals surface area contributed by atoms with Crippen molar-refractivity contribution in [2.45, 2.75) is 26.1 Å². The van der Waals surface area contributed by atoms with Crippen LogP contribution in [0.15, 0.2) is 22.9 Å². The van der Waals surface area contributed by atoms with E-state index in [0.717, 1.165) is 0 Å². The van der Waals surface area contributed by atoms with E-state index in [2.05, 4.69) is 15.1 Å². The van der Waals surface area contributed by atoms with E-state index in [9.17, 15) is 13.2 Å². The minimum absolute atomic E-state index is 0.236. The van der Waals surface area contributed by atoms with Crippen LogP contribution >= 0.6 is 0 Å². The topological polar surface area (TPSA) is 58.3 Å². The fourth-order valence-corrected chi connectivity index (χ4v) is 2.88. The fourth-order valence-electron chi connectivity index (χ4n) is 2.88. The predicted octanol–water partition coefficient (Wildman–Crippen LogP) is 2.51. The molecule has 0 aromatic carbocycles. The lowest BCUT2D eigenvalue weighted by molar-refractivity contribution is -0.150. The minimum Gasteiger partial charge on any atom is -0.353 e. The van der Waals surface area contributed by atoms with Crippen molar-refractivity contribution in [3.05, 3.63) is 24.2 Å². The number of alkyl halides is 3. The van der Waals surface area contributed by atoms with Gasteiger partial charge in [0.2, 0.25) is 0 Å². The third-order valence-electron chi connectivity index (χ3n) is 3.99. The molecule has 0 N–H and O–H groups in total. The molecule has 6 nitrogen and oxygen atoms in total. The van der Waals surface area contributed by atoms with E-state index in [1.807, 2.05) is 11.0 Å². The Labute approximate surface area is 137 Å². The molecule has 0 saturated carbocycles. The quantitative estimate of drug-likeness (QED) is 0.855. The highest BCUT2D eigenvalue weighted by Gasteiger charge is 2.35. The smallest absolute Gasteiger partial charge is 0.353 e. The largest absolute Gasteiger partial charge is 0.401 e. The second-order valence-corrected chi connectivity index (χ2v) is 5.90. The maximum Gasteiger partial charge on any atom is 0.401 e. The first-order chi connectivity index (χ1) is 11.3. The number of halogens is 3. The first-order valence-electron chi connectivity index (χ1n) is 7.65. The number of nitrogens with zero attached hydrogens (tertiary/aromatic N) is 5. The lowest BCUT2D eigenvalue weighted by Gasteiger charge is -2.40. The number of hydrogen-bond donors (Lipinski definition) is 0. The van der Waals surface area contributed by atoms with Crippen LogP contribution in [0.3, 0.4) is 0 Å². The molecule has 1 unspecified atom stereocenters. The number of aromatic nitrogens is 3. The van der Waals surface area contributed by atoms with E-state index in [4.69, 9.17) is 4.52 Å². The lowest BCUT2D eigenvalue weighted by atomic mass is 10.1. The van der Waals surface area contributed by atoms with Gasteiger partial charge in [-0.15, -0.1) is 0 Å². The molecule has 130 valence electrons. The summed E-state index contributed by atoms with van der Waals surface area (Å²) in [4.78, 5) is 12.0. The van der Waals surface area contributed by atoms with E-state index in [1.165, 1.54) is 4.90 Å². The van der Waals surface area contributed by atoms with Gasteiger partial charge in [0.15, 0.2) is 5.82 Å². The Balaban J connectivity index is 1.79. The molecule has 9 heteroatoms. The van der Waals surface area contributed by atoms with Gasteiger partial charge in [0.25, 0.3) is 5.89 Å². The van der Waals surface area contributed by atoms with Gasteiger partial charge in [-0.2, -0.15) is 18.2 Å². The number of piperazine rings is 1. The average molecular weight is 341 g/mol. The van der Waals surface area contributed by atoms with Gasteiger partial charge < -0.3 is 9.42 Å². The van der Waals surface area contributed by atoms with Crippen LogP contribution in [0.2, 0.25) is 0 Å². The molecule has 1 aliphatic rings. The van der Waals surface area contributed by atoms with Gasteiger partial charge in [-0.05, 0) is 26.0 Å². The molecule has 24 heavy (non-hydrogen) atoms. The molecule has 1 atom stereocenters. The number of aryl methyl sites for hydroxylation is 1. The molecule has 2 aromatic heterocycles. The highest BCUT2D eigenvalue weighted by molar-refractivity contribution is 5.69. The van der Waals surface area contributed by atoms with Crippen molar-refractivity contribution in [1.82, 2.24) is 20.0 Å². The van der Waals surface area contributed by atoms with Crippen LogP contribution in [-0.4, -0.2) is 58.4 Å². The number of hydrogen-bond acceptors (Lipinski definition) is 6. The average Bonchev–Trinajstić information content (AvgIpc) is 2.94. The highest BCUT2D eigenvalue weighted by Crippen LogP contribution is 2.29. The molecule has 0 amide bonds. The van der Waals surface area contributed by atoms with Crippen LogP contribution in [0.1, 0.15) is 12.7 Å². The molecule has 0 bridgehead atoms. The van der Waals surface area contributed by atoms with Crippen LogP contribution in [-0.2, 0) is 0 Å². The maximum absolute atomic E-state index is 12.6. The summed E-state index contributed by atoms with van der Waals surface area (Å²) in [5.74, 6) is 1.53. The van der Waals surface area contributed by atoms with Crippen molar-refractivity contribution in [3.63, 3.8) is 0 Å². The van der Waals surface area contributed by atoms with E-state index in [0.29, 0.717) is 42.7 Å². The number of rotatable bonds is 3. The van der Waals surface area contributed by atoms with Crippen molar-refractivity contribution < 1.29 is 17.7 Å². The highest BCUT2D eigenvalue weighted by atomic mass is 19.4. The Morgan fingerprint density at radius 2 is 2.12 bits per heavy atom. The zero-order chi connectivity index (χ0) is 17.3. The second-order valence-electron chi connectivity index (χ2n) is 5.90. The summed E-state index contributed by atoms with van der Waals surface area (Å²) < 4.78 is 43.1. The van der Waals surface area contributed by atoms with Crippen LogP contribution in [0.4, 0.5) is 19.0 Å². The molecule has 0 radical (unpaired) electrons. The first kappa shape index (κ1) is 16.7. The van der Waals surface area contributed by atoms with Gasteiger partial charge in [0.1, 0.15) is 5.82 Å². The summed E-state index contributed by atoms with van der Waals surface area (Å²) in [7, 11) is 0. The fraction of sp³-hybridized carbons (Fsp3) is 0.533. The molecule has 3 rings (SSSR count). The van der Waals surface area contributed by atoms with Crippen molar-refractivity contribution in [1.29, 1.82) is 0 Å². The van der Waals surface area contributed by atoms with Crippen molar-refractivity contribution >= 4 is 5.82 Å². The Bertz CT molecular complexity index is 702. The normalized spacial score (nSPS) is 19.7. The molecule has 2 aromatic rings. The third-order valence-corrected chi connectivity index (χ3v) is 3.99. The van der Waals surface area contributed by atoms with Gasteiger partial charge in [-0.25, -0.2) is 4.98 Å². The molecular formula is C15H18F3N5O. The lowest BCUT2D eigenvalue weighted by Crippen LogP contribution is -2.54. The summed E-state index contributed by atoms with van der Waals surface area (Å²) in [6.07, 6.45) is -2.54. The van der Waals surface area contributed by atoms with Crippen molar-refractivity contribution in [3.8, 4) is 11.5 Å². The summed E-state index contributed by atoms with van der Waals surface area (Å²) in [5, 5.41) is 3.78. The zero-order valence-corrected chi connectivity index (χ0v) is 13.4. The van der Waals surface area contributed by atoms with E-state index >= 15 is 0 Å². The summed E-state index contributed by atoms with van der Waals surface area (Å²) in [6, 6.07) is 3.35. The number of anilines is 1. The van der Waals surface area contributed by atoms with Crippen LogP contribution in [0, 0.1) is 6.92 Å². The van der Waals surface area contributed by atoms with Gasteiger partial charge in [-0.3, -0.25) is 4.90 Å². The van der Waals surface area contributed by atoms with E-state index < -0.39 is 12.7 Å². The Hall–Kier alpha value is -2.16. The SMILES string of the molecule is Cc1noc(-c2cccnc2N2CCN(CC(F)(F)F)C(C)C2)n1. The molecule has 3 heterocycles. The first-order valence-corrected chi connectivity index (χ1v) is 7.65. The van der Waals surface area contributed by atoms with Crippen LogP contribution < -0.4 is 4.90 Å². The van der Waals surface area contributed by atoms with Crippen LogP contribution in [0.5, 0.6) is 0 Å². The van der Waals surface area contributed by atoms with Gasteiger partial charge in [0, 0.05) is 31.9 Å². The Morgan fingerprint density at radius 1 is 1.33 bits per heavy atom. The summed E-state index contributed by atoms with van der Waals surface area (Å²) in [5.41, 5.74) is 0.689. The summed E-state index contributed by atoms with van der Waals surface area (Å²) >= 11 is 0. The molecular weight excluding hydrogens is 323 g/mol. The molecule has 1 saturated heterocycles. The Kier molecular flexibility index (Phi) is 4.44. The minimum atomic E-state index is -4.19. The predicted molar refractivity (Wildman–Crippen MR) is 81.6 cm³/mol. The van der Waals surface area contributed by atoms with E-state index in [1.54, 1.807) is 26.1 Å². The third kappa shape index (κ3) is 3.66. The molecule has 0 aliphatic carbocycles. The molecule has 1 aliphatic heterocycles. The summed E-state index contributed by atoms with van der Waals surface area (Å²) in [6.45, 7) is 3.85.